The maximum Gasteiger partial charge on any atom is 0.331 e. The van der Waals surface area contributed by atoms with Gasteiger partial charge in [0.15, 0.2) is 0 Å². The SMILES string of the molecule is Cn1c(O)cn(Cc2ccc(-c3ccc4c(nnn4CC4CC4)c3Br)cc2)c1=O. The van der Waals surface area contributed by atoms with Crippen molar-refractivity contribution < 1.29 is 5.11 Å². The molecule has 2 aromatic heterocycles. The van der Waals surface area contributed by atoms with Gasteiger partial charge in [-0.05, 0) is 57.4 Å². The molecule has 0 radical (unpaired) electrons. The summed E-state index contributed by atoms with van der Waals surface area (Å²) in [5.41, 5.74) is 4.77. The van der Waals surface area contributed by atoms with Crippen LogP contribution in [0.1, 0.15) is 18.4 Å². The summed E-state index contributed by atoms with van der Waals surface area (Å²) < 4.78 is 5.65. The highest BCUT2D eigenvalue weighted by molar-refractivity contribution is 9.10. The van der Waals surface area contributed by atoms with Gasteiger partial charge in [0.2, 0.25) is 5.88 Å². The van der Waals surface area contributed by atoms with Gasteiger partial charge >= 0.3 is 5.69 Å². The van der Waals surface area contributed by atoms with Crippen LogP contribution in [0.25, 0.3) is 22.2 Å². The zero-order valence-electron chi connectivity index (χ0n) is 15.9. The number of halogens is 1. The Bertz CT molecular complexity index is 1260. The summed E-state index contributed by atoms with van der Waals surface area (Å²) in [6, 6.07) is 12.2. The van der Waals surface area contributed by atoms with Crippen molar-refractivity contribution in [1.29, 1.82) is 0 Å². The molecule has 8 heteroatoms. The Hall–Kier alpha value is -2.87. The summed E-state index contributed by atoms with van der Waals surface area (Å²) in [6.45, 7) is 1.34. The number of hydrogen-bond donors (Lipinski definition) is 1. The van der Waals surface area contributed by atoms with Crippen molar-refractivity contribution in [2.45, 2.75) is 25.9 Å². The van der Waals surface area contributed by atoms with Crippen molar-refractivity contribution >= 4 is 27.0 Å². The number of aromatic hydroxyl groups is 1. The van der Waals surface area contributed by atoms with E-state index >= 15 is 0 Å². The van der Waals surface area contributed by atoms with E-state index in [1.807, 2.05) is 28.9 Å². The minimum atomic E-state index is -0.242. The van der Waals surface area contributed by atoms with E-state index in [-0.39, 0.29) is 11.6 Å². The first kappa shape index (κ1) is 18.2. The molecule has 0 bridgehead atoms. The zero-order chi connectivity index (χ0) is 20.1. The molecule has 5 rings (SSSR count). The lowest BCUT2D eigenvalue weighted by atomic mass is 10.0. The summed E-state index contributed by atoms with van der Waals surface area (Å²) in [5.74, 6) is 0.698. The Morgan fingerprint density at radius 1 is 1.17 bits per heavy atom. The van der Waals surface area contributed by atoms with Crippen molar-refractivity contribution in [2.24, 2.45) is 13.0 Å². The lowest BCUT2D eigenvalue weighted by Crippen LogP contribution is -2.22. The minimum absolute atomic E-state index is 0.0430. The van der Waals surface area contributed by atoms with Gasteiger partial charge in [-0.15, -0.1) is 5.10 Å². The topological polar surface area (TPSA) is 77.9 Å². The molecular formula is C21H20BrN5O2. The first-order chi connectivity index (χ1) is 14.0. The Labute approximate surface area is 175 Å². The lowest BCUT2D eigenvalue weighted by Gasteiger charge is -2.08. The standard InChI is InChI=1S/C21H20BrN5O2/c1-25-18(28)12-26(21(25)29)10-13-4-6-15(7-5-13)16-8-9-17-20(19(16)22)23-24-27(17)11-14-2-3-14/h4-9,12,14,28H,2-3,10-11H2,1H3. The van der Waals surface area contributed by atoms with Crippen molar-refractivity contribution in [1.82, 2.24) is 24.1 Å². The highest BCUT2D eigenvalue weighted by Crippen LogP contribution is 2.35. The molecule has 0 spiro atoms. The average Bonchev–Trinajstić information content (AvgIpc) is 3.40. The number of rotatable bonds is 5. The van der Waals surface area contributed by atoms with Gasteiger partial charge in [-0.25, -0.2) is 9.48 Å². The second-order valence-electron chi connectivity index (χ2n) is 7.66. The Balaban J connectivity index is 1.43. The molecule has 1 aliphatic carbocycles. The minimum Gasteiger partial charge on any atom is -0.493 e. The van der Waals surface area contributed by atoms with E-state index in [0.29, 0.717) is 6.54 Å². The van der Waals surface area contributed by atoms with E-state index in [1.54, 1.807) is 7.05 Å². The number of nitrogens with zero attached hydrogens (tertiary/aromatic N) is 5. The molecule has 2 heterocycles. The number of benzene rings is 2. The van der Waals surface area contributed by atoms with E-state index in [1.165, 1.54) is 28.2 Å². The fourth-order valence-electron chi connectivity index (χ4n) is 3.58. The predicted octanol–water partition coefficient (Wildman–Crippen LogP) is 3.52. The van der Waals surface area contributed by atoms with Gasteiger partial charge in [-0.3, -0.25) is 9.13 Å². The second-order valence-corrected chi connectivity index (χ2v) is 8.46. The lowest BCUT2D eigenvalue weighted by molar-refractivity contribution is 0.429. The molecule has 148 valence electrons. The molecule has 7 nitrogen and oxygen atoms in total. The maximum absolute atomic E-state index is 12.1. The van der Waals surface area contributed by atoms with Crippen molar-refractivity contribution in [3.05, 3.63) is 63.1 Å². The largest absolute Gasteiger partial charge is 0.493 e. The molecule has 0 saturated heterocycles. The van der Waals surface area contributed by atoms with Crippen molar-refractivity contribution in [3.63, 3.8) is 0 Å². The monoisotopic (exact) mass is 453 g/mol. The smallest absolute Gasteiger partial charge is 0.331 e. The molecule has 4 aromatic rings. The molecular weight excluding hydrogens is 434 g/mol. The number of imidazole rings is 1. The van der Waals surface area contributed by atoms with Crippen molar-refractivity contribution in [3.8, 4) is 17.0 Å². The van der Waals surface area contributed by atoms with E-state index < -0.39 is 0 Å². The molecule has 29 heavy (non-hydrogen) atoms. The number of fused-ring (bicyclic) bond motifs is 1. The van der Waals surface area contributed by atoms with E-state index in [9.17, 15) is 9.90 Å². The van der Waals surface area contributed by atoms with Crippen LogP contribution in [0.3, 0.4) is 0 Å². The molecule has 1 fully saturated rings. The molecule has 0 unspecified atom stereocenters. The summed E-state index contributed by atoms with van der Waals surface area (Å²) in [5, 5.41) is 18.4. The fraction of sp³-hybridized carbons (Fsp3) is 0.286. The second kappa shape index (κ2) is 6.88. The van der Waals surface area contributed by atoms with Crippen LogP contribution in [-0.4, -0.2) is 29.2 Å². The van der Waals surface area contributed by atoms with Gasteiger partial charge in [0.25, 0.3) is 0 Å². The molecule has 1 saturated carbocycles. The zero-order valence-corrected chi connectivity index (χ0v) is 17.5. The number of aromatic nitrogens is 5. The average molecular weight is 454 g/mol. The third-order valence-electron chi connectivity index (χ3n) is 5.52. The van der Waals surface area contributed by atoms with Crippen LogP contribution in [0.4, 0.5) is 0 Å². The van der Waals surface area contributed by atoms with E-state index in [2.05, 4.69) is 38.4 Å². The molecule has 0 atom stereocenters. The first-order valence-corrected chi connectivity index (χ1v) is 10.4. The van der Waals surface area contributed by atoms with Crippen LogP contribution in [0, 0.1) is 5.92 Å². The van der Waals surface area contributed by atoms with Gasteiger partial charge in [-0.2, -0.15) is 0 Å². The maximum atomic E-state index is 12.1. The molecule has 2 aromatic carbocycles. The Kier molecular flexibility index (Phi) is 4.31. The van der Waals surface area contributed by atoms with Crippen LogP contribution >= 0.6 is 15.9 Å². The highest BCUT2D eigenvalue weighted by Gasteiger charge is 2.23. The van der Waals surface area contributed by atoms with Crippen LogP contribution < -0.4 is 5.69 Å². The summed E-state index contributed by atoms with van der Waals surface area (Å²) in [6.07, 6.45) is 4.01. The van der Waals surface area contributed by atoms with Crippen molar-refractivity contribution in [2.75, 3.05) is 0 Å². The Morgan fingerprint density at radius 3 is 2.59 bits per heavy atom. The molecule has 0 aliphatic heterocycles. The van der Waals surface area contributed by atoms with E-state index in [4.69, 9.17) is 0 Å². The quantitative estimate of drug-likeness (QED) is 0.501. The van der Waals surface area contributed by atoms with Crippen LogP contribution in [0.15, 0.2) is 51.9 Å². The fourth-order valence-corrected chi connectivity index (χ4v) is 4.22. The first-order valence-electron chi connectivity index (χ1n) is 9.57. The molecule has 1 aliphatic rings. The van der Waals surface area contributed by atoms with Crippen LogP contribution in [0.2, 0.25) is 0 Å². The molecule has 1 N–H and O–H groups in total. The predicted molar refractivity (Wildman–Crippen MR) is 114 cm³/mol. The number of hydrogen-bond acceptors (Lipinski definition) is 4. The summed E-state index contributed by atoms with van der Waals surface area (Å²) >= 11 is 3.71. The van der Waals surface area contributed by atoms with E-state index in [0.717, 1.165) is 44.7 Å². The third-order valence-corrected chi connectivity index (χ3v) is 6.32. The van der Waals surface area contributed by atoms with Crippen LogP contribution in [-0.2, 0) is 20.1 Å². The van der Waals surface area contributed by atoms with Crippen LogP contribution in [0.5, 0.6) is 5.88 Å². The van der Waals surface area contributed by atoms with Gasteiger partial charge in [0.1, 0.15) is 5.52 Å². The normalized spacial score (nSPS) is 14.0. The summed E-state index contributed by atoms with van der Waals surface area (Å²) in [4.78, 5) is 12.1. The highest BCUT2D eigenvalue weighted by atomic mass is 79.9. The molecule has 0 amide bonds. The van der Waals surface area contributed by atoms with Gasteiger partial charge in [0, 0.05) is 13.6 Å². The Morgan fingerprint density at radius 2 is 1.93 bits per heavy atom. The van der Waals surface area contributed by atoms with Gasteiger partial charge in [0.05, 0.1) is 22.7 Å². The third kappa shape index (κ3) is 3.27. The van der Waals surface area contributed by atoms with Gasteiger partial charge < -0.3 is 5.11 Å². The summed E-state index contributed by atoms with van der Waals surface area (Å²) in [7, 11) is 1.55. The van der Waals surface area contributed by atoms with Gasteiger partial charge in [-0.1, -0.05) is 35.5 Å².